The Hall–Kier alpha value is -1.46. The molecule has 2 atom stereocenters. The Morgan fingerprint density at radius 3 is 3.11 bits per heavy atom. The Bertz CT molecular complexity index is 562. The van der Waals surface area contributed by atoms with E-state index in [1.54, 1.807) is 11.3 Å². The van der Waals surface area contributed by atoms with Crippen molar-refractivity contribution in [2.75, 3.05) is 19.6 Å². The minimum absolute atomic E-state index is 0.208. The summed E-state index contributed by atoms with van der Waals surface area (Å²) in [5, 5.41) is 1.21. The van der Waals surface area contributed by atoms with Gasteiger partial charge in [0.15, 0.2) is 6.54 Å². The SMILES string of the molecule is NC(=O)C[NH+]1CCC[C@H](c2nc3ccccc3s2)C1. The number of hydrogen-bond donors (Lipinski definition) is 2. The van der Waals surface area contributed by atoms with Gasteiger partial charge in [-0.25, -0.2) is 4.98 Å². The highest BCUT2D eigenvalue weighted by Crippen LogP contribution is 2.30. The number of nitrogens with zero attached hydrogens (tertiary/aromatic N) is 1. The van der Waals surface area contributed by atoms with Crippen LogP contribution in [0, 0.1) is 0 Å². The number of benzene rings is 1. The molecular weight excluding hydrogens is 258 g/mol. The second-order valence-corrected chi connectivity index (χ2v) is 6.27. The Labute approximate surface area is 116 Å². The molecule has 19 heavy (non-hydrogen) atoms. The number of aromatic nitrogens is 1. The maximum atomic E-state index is 11.0. The van der Waals surface area contributed by atoms with Gasteiger partial charge in [-0.15, -0.1) is 11.3 Å². The first-order valence-electron chi connectivity index (χ1n) is 6.69. The number of thiazole rings is 1. The predicted molar refractivity (Wildman–Crippen MR) is 76.4 cm³/mol. The van der Waals surface area contributed by atoms with Gasteiger partial charge in [-0.3, -0.25) is 4.79 Å². The first-order valence-corrected chi connectivity index (χ1v) is 7.51. The summed E-state index contributed by atoms with van der Waals surface area (Å²) in [7, 11) is 0. The first-order chi connectivity index (χ1) is 9.22. The smallest absolute Gasteiger partial charge is 0.272 e. The van der Waals surface area contributed by atoms with Gasteiger partial charge in [0.2, 0.25) is 0 Å². The zero-order chi connectivity index (χ0) is 13.2. The van der Waals surface area contributed by atoms with Gasteiger partial charge in [0, 0.05) is 0 Å². The third-order valence-electron chi connectivity index (χ3n) is 3.70. The number of rotatable bonds is 3. The molecule has 0 bridgehead atoms. The quantitative estimate of drug-likeness (QED) is 0.860. The van der Waals surface area contributed by atoms with Crippen LogP contribution in [0.4, 0.5) is 0 Å². The predicted octanol–water partition coefficient (Wildman–Crippen LogP) is 0.544. The van der Waals surface area contributed by atoms with E-state index in [1.807, 2.05) is 6.07 Å². The zero-order valence-electron chi connectivity index (χ0n) is 10.8. The first kappa shape index (κ1) is 12.6. The molecule has 0 radical (unpaired) electrons. The van der Waals surface area contributed by atoms with E-state index in [4.69, 9.17) is 10.7 Å². The third kappa shape index (κ3) is 2.77. The fourth-order valence-corrected chi connectivity index (χ4v) is 3.94. The summed E-state index contributed by atoms with van der Waals surface area (Å²) in [6, 6.07) is 8.26. The summed E-state index contributed by atoms with van der Waals surface area (Å²) in [5.41, 5.74) is 6.38. The highest BCUT2D eigenvalue weighted by Gasteiger charge is 2.27. The minimum atomic E-state index is -0.208. The van der Waals surface area contributed by atoms with Crippen molar-refractivity contribution in [3.8, 4) is 0 Å². The molecule has 0 aliphatic carbocycles. The summed E-state index contributed by atoms with van der Waals surface area (Å²) in [4.78, 5) is 17.1. The number of nitrogens with one attached hydrogen (secondary N) is 1. The van der Waals surface area contributed by atoms with Crippen LogP contribution in [0.2, 0.25) is 0 Å². The lowest BCUT2D eigenvalue weighted by Crippen LogP contribution is -3.14. The summed E-state index contributed by atoms with van der Waals surface area (Å²) >= 11 is 1.78. The van der Waals surface area contributed by atoms with E-state index in [9.17, 15) is 4.79 Å². The standard InChI is InChI=1S/C14H17N3OS/c15-13(18)9-17-7-3-4-10(8-17)14-16-11-5-1-2-6-12(11)19-14/h1-2,5-6,10H,3-4,7-9H2,(H2,15,18)/p+1/t10-/m0/s1. The molecular formula is C14H18N3OS+. The van der Waals surface area contributed by atoms with Crippen molar-refractivity contribution in [2.24, 2.45) is 5.73 Å². The Balaban J connectivity index is 1.79. The maximum absolute atomic E-state index is 11.0. The Morgan fingerprint density at radius 2 is 2.32 bits per heavy atom. The van der Waals surface area contributed by atoms with Crippen LogP contribution in [-0.2, 0) is 4.79 Å². The molecule has 3 N–H and O–H groups in total. The van der Waals surface area contributed by atoms with Gasteiger partial charge >= 0.3 is 0 Å². The molecule has 0 spiro atoms. The number of amides is 1. The Morgan fingerprint density at radius 1 is 1.47 bits per heavy atom. The number of carbonyl (C=O) groups is 1. The number of fused-ring (bicyclic) bond motifs is 1. The van der Waals surface area contributed by atoms with Crippen molar-refractivity contribution >= 4 is 27.5 Å². The lowest BCUT2D eigenvalue weighted by atomic mass is 9.99. The topological polar surface area (TPSA) is 60.4 Å². The van der Waals surface area contributed by atoms with Crippen molar-refractivity contribution in [1.82, 2.24) is 4.98 Å². The second-order valence-electron chi connectivity index (χ2n) is 5.21. The molecule has 1 saturated heterocycles. The molecule has 1 aromatic carbocycles. The van der Waals surface area contributed by atoms with Gasteiger partial charge in [-0.2, -0.15) is 0 Å². The van der Waals surface area contributed by atoms with Crippen LogP contribution in [0.25, 0.3) is 10.2 Å². The lowest BCUT2D eigenvalue weighted by molar-refractivity contribution is -0.898. The normalized spacial score (nSPS) is 23.6. The van der Waals surface area contributed by atoms with E-state index in [-0.39, 0.29) is 5.91 Å². The number of likely N-dealkylation sites (tertiary alicyclic amines) is 1. The fraction of sp³-hybridized carbons (Fsp3) is 0.429. The number of para-hydroxylation sites is 1. The second kappa shape index (κ2) is 5.27. The van der Waals surface area contributed by atoms with Gasteiger partial charge in [0.25, 0.3) is 5.91 Å². The molecule has 4 nitrogen and oxygen atoms in total. The number of piperidine rings is 1. The molecule has 1 fully saturated rings. The highest BCUT2D eigenvalue weighted by atomic mass is 32.1. The van der Waals surface area contributed by atoms with E-state index in [2.05, 4.69) is 18.2 Å². The minimum Gasteiger partial charge on any atom is -0.365 e. The molecule has 3 rings (SSSR count). The van der Waals surface area contributed by atoms with E-state index in [0.29, 0.717) is 12.5 Å². The van der Waals surface area contributed by atoms with Crippen molar-refractivity contribution in [1.29, 1.82) is 0 Å². The highest BCUT2D eigenvalue weighted by molar-refractivity contribution is 7.18. The number of quaternary nitrogens is 1. The maximum Gasteiger partial charge on any atom is 0.272 e. The molecule has 1 unspecified atom stereocenters. The van der Waals surface area contributed by atoms with E-state index >= 15 is 0 Å². The number of primary amides is 1. The van der Waals surface area contributed by atoms with Gasteiger partial charge in [0.1, 0.15) is 5.01 Å². The Kier molecular flexibility index (Phi) is 3.48. The number of nitrogens with two attached hydrogens (primary N) is 1. The number of hydrogen-bond acceptors (Lipinski definition) is 3. The van der Waals surface area contributed by atoms with Gasteiger partial charge in [-0.1, -0.05) is 12.1 Å². The van der Waals surface area contributed by atoms with Crippen LogP contribution in [0.3, 0.4) is 0 Å². The third-order valence-corrected chi connectivity index (χ3v) is 4.90. The van der Waals surface area contributed by atoms with Gasteiger partial charge in [-0.05, 0) is 25.0 Å². The van der Waals surface area contributed by atoms with Crippen LogP contribution in [0.5, 0.6) is 0 Å². The molecule has 1 aliphatic heterocycles. The zero-order valence-corrected chi connectivity index (χ0v) is 11.6. The van der Waals surface area contributed by atoms with E-state index in [1.165, 1.54) is 21.0 Å². The summed E-state index contributed by atoms with van der Waals surface area (Å²) in [5.74, 6) is 0.264. The van der Waals surface area contributed by atoms with Crippen LogP contribution >= 0.6 is 11.3 Å². The molecule has 5 heteroatoms. The summed E-state index contributed by atoms with van der Waals surface area (Å²) < 4.78 is 1.25. The number of carbonyl (C=O) groups excluding carboxylic acids is 1. The largest absolute Gasteiger partial charge is 0.365 e. The van der Waals surface area contributed by atoms with Crippen LogP contribution in [0.1, 0.15) is 23.8 Å². The average molecular weight is 276 g/mol. The summed E-state index contributed by atoms with van der Waals surface area (Å²) in [6.07, 6.45) is 2.31. The van der Waals surface area contributed by atoms with Crippen molar-refractivity contribution in [2.45, 2.75) is 18.8 Å². The van der Waals surface area contributed by atoms with Crippen molar-refractivity contribution in [3.63, 3.8) is 0 Å². The molecule has 2 heterocycles. The van der Waals surface area contributed by atoms with Crippen LogP contribution in [-0.4, -0.2) is 30.5 Å². The molecule has 1 amide bonds. The van der Waals surface area contributed by atoms with Crippen LogP contribution in [0.15, 0.2) is 24.3 Å². The molecule has 1 aliphatic rings. The van der Waals surface area contributed by atoms with Gasteiger partial charge < -0.3 is 10.6 Å². The lowest BCUT2D eigenvalue weighted by Gasteiger charge is -2.27. The van der Waals surface area contributed by atoms with Crippen LogP contribution < -0.4 is 10.6 Å². The van der Waals surface area contributed by atoms with Crippen molar-refractivity contribution in [3.05, 3.63) is 29.3 Å². The van der Waals surface area contributed by atoms with Gasteiger partial charge in [0.05, 0.1) is 29.2 Å². The van der Waals surface area contributed by atoms with E-state index < -0.39 is 0 Å². The molecule has 100 valence electrons. The fourth-order valence-electron chi connectivity index (χ4n) is 2.83. The molecule has 1 aromatic heterocycles. The van der Waals surface area contributed by atoms with Crippen molar-refractivity contribution < 1.29 is 9.69 Å². The van der Waals surface area contributed by atoms with E-state index in [0.717, 1.165) is 25.0 Å². The molecule has 2 aromatic rings. The summed E-state index contributed by atoms with van der Waals surface area (Å²) in [6.45, 7) is 2.47. The monoisotopic (exact) mass is 276 g/mol. The average Bonchev–Trinajstić information content (AvgIpc) is 2.82. The molecule has 0 saturated carbocycles.